The number of nitrogens with one attached hydrogen (secondary N) is 1. The third kappa shape index (κ3) is 7.68. The number of para-hydroxylation sites is 2. The van der Waals surface area contributed by atoms with Gasteiger partial charge >= 0.3 is 12.1 Å². The highest BCUT2D eigenvalue weighted by Crippen LogP contribution is 2.32. The normalized spacial score (nSPS) is 11.4. The van der Waals surface area contributed by atoms with Gasteiger partial charge in [-0.15, -0.1) is 0 Å². The molecule has 0 aliphatic carbocycles. The smallest absolute Gasteiger partial charge is 0.490 e. The SMILES string of the molecule is COc1ccc(S(=O)(=O)NCc2ccc(-c3nc4ccccc4nc3-c3ccccc3)cc2)cc1OC.O=C(O)C(F)(F)F. The minimum atomic E-state index is -5.08. The first kappa shape index (κ1) is 31.9. The lowest BCUT2D eigenvalue weighted by atomic mass is 10.0. The number of aliphatic carboxylic acids is 1. The summed E-state index contributed by atoms with van der Waals surface area (Å²) >= 11 is 0. The van der Waals surface area contributed by atoms with Crippen LogP contribution in [0.1, 0.15) is 5.56 Å². The van der Waals surface area contributed by atoms with E-state index in [-0.39, 0.29) is 11.4 Å². The van der Waals surface area contributed by atoms with Crippen LogP contribution in [0.3, 0.4) is 0 Å². The number of hydrogen-bond acceptors (Lipinski definition) is 7. The lowest BCUT2D eigenvalue weighted by molar-refractivity contribution is -0.192. The summed E-state index contributed by atoms with van der Waals surface area (Å²) in [6.07, 6.45) is -5.08. The van der Waals surface area contributed by atoms with Gasteiger partial charge in [0.15, 0.2) is 11.5 Å². The zero-order valence-electron chi connectivity index (χ0n) is 23.4. The Kier molecular flexibility index (Phi) is 9.81. The fourth-order valence-corrected chi connectivity index (χ4v) is 5.06. The van der Waals surface area contributed by atoms with Crippen LogP contribution in [0.4, 0.5) is 13.2 Å². The van der Waals surface area contributed by atoms with Crippen LogP contribution >= 0.6 is 0 Å². The van der Waals surface area contributed by atoms with Gasteiger partial charge in [-0.25, -0.2) is 27.9 Å². The van der Waals surface area contributed by atoms with Crippen LogP contribution in [-0.2, 0) is 21.4 Å². The molecule has 0 atom stereocenters. The number of sulfonamides is 1. The Labute approximate surface area is 251 Å². The zero-order valence-corrected chi connectivity index (χ0v) is 24.2. The van der Waals surface area contributed by atoms with Gasteiger partial charge in [-0.2, -0.15) is 13.2 Å². The minimum Gasteiger partial charge on any atom is -0.493 e. The van der Waals surface area contributed by atoms with Gasteiger partial charge < -0.3 is 14.6 Å². The predicted octanol–water partition coefficient (Wildman–Crippen LogP) is 6.09. The zero-order chi connectivity index (χ0) is 31.9. The van der Waals surface area contributed by atoms with Gasteiger partial charge in [-0.1, -0.05) is 66.7 Å². The topological polar surface area (TPSA) is 128 Å². The second-order valence-electron chi connectivity index (χ2n) is 9.12. The van der Waals surface area contributed by atoms with Crippen molar-refractivity contribution in [3.8, 4) is 34.0 Å². The van der Waals surface area contributed by atoms with Crippen molar-refractivity contribution in [1.82, 2.24) is 14.7 Å². The molecule has 0 unspecified atom stereocenters. The molecule has 44 heavy (non-hydrogen) atoms. The molecule has 1 heterocycles. The molecule has 0 aliphatic rings. The first-order chi connectivity index (χ1) is 20.9. The molecule has 5 rings (SSSR count). The van der Waals surface area contributed by atoms with E-state index in [9.17, 15) is 21.6 Å². The van der Waals surface area contributed by atoms with Crippen LogP contribution in [0, 0.1) is 0 Å². The Morgan fingerprint density at radius 3 is 1.77 bits per heavy atom. The van der Waals surface area contributed by atoms with Crippen molar-refractivity contribution in [2.45, 2.75) is 17.6 Å². The van der Waals surface area contributed by atoms with E-state index in [0.717, 1.165) is 39.1 Å². The minimum absolute atomic E-state index is 0.0979. The number of methoxy groups -OCH3 is 2. The molecule has 0 bridgehead atoms. The van der Waals surface area contributed by atoms with Crippen molar-refractivity contribution in [3.63, 3.8) is 0 Å². The van der Waals surface area contributed by atoms with Crippen molar-refractivity contribution in [2.24, 2.45) is 0 Å². The van der Waals surface area contributed by atoms with Crippen LogP contribution < -0.4 is 14.2 Å². The summed E-state index contributed by atoms with van der Waals surface area (Å²) in [7, 11) is -0.788. The van der Waals surface area contributed by atoms with Gasteiger partial charge in [0.25, 0.3) is 0 Å². The van der Waals surface area contributed by atoms with Crippen LogP contribution in [0.25, 0.3) is 33.5 Å². The van der Waals surface area contributed by atoms with E-state index in [0.29, 0.717) is 11.5 Å². The Bertz CT molecular complexity index is 1870. The number of alkyl halides is 3. The van der Waals surface area contributed by atoms with E-state index in [1.165, 1.54) is 26.4 Å². The second-order valence-corrected chi connectivity index (χ2v) is 10.9. The Morgan fingerprint density at radius 2 is 1.27 bits per heavy atom. The lowest BCUT2D eigenvalue weighted by Gasteiger charge is -2.12. The Morgan fingerprint density at radius 1 is 0.773 bits per heavy atom. The molecule has 1 aromatic heterocycles. The van der Waals surface area contributed by atoms with Crippen molar-refractivity contribution in [1.29, 1.82) is 0 Å². The number of carbonyl (C=O) groups is 1. The number of rotatable bonds is 8. The third-order valence-electron chi connectivity index (χ3n) is 6.22. The third-order valence-corrected chi connectivity index (χ3v) is 7.62. The first-order valence-electron chi connectivity index (χ1n) is 12.9. The monoisotopic (exact) mass is 625 g/mol. The van der Waals surface area contributed by atoms with Crippen molar-refractivity contribution >= 4 is 27.0 Å². The quantitative estimate of drug-likeness (QED) is 0.212. The average molecular weight is 626 g/mol. The van der Waals surface area contributed by atoms with Crippen LogP contribution in [-0.4, -0.2) is 49.9 Å². The number of carboxylic acid groups (broad SMARTS) is 1. The highest BCUT2D eigenvalue weighted by molar-refractivity contribution is 7.89. The number of hydrogen-bond donors (Lipinski definition) is 2. The number of benzene rings is 4. The largest absolute Gasteiger partial charge is 0.493 e. The molecule has 5 aromatic rings. The number of fused-ring (bicyclic) bond motifs is 1. The Balaban J connectivity index is 0.000000566. The summed E-state index contributed by atoms with van der Waals surface area (Å²) in [6, 6.07) is 29.9. The molecule has 0 radical (unpaired) electrons. The van der Waals surface area contributed by atoms with E-state index in [1.54, 1.807) is 6.07 Å². The molecular formula is C31H26F3N3O6S. The fourth-order valence-electron chi connectivity index (χ4n) is 4.02. The first-order valence-corrected chi connectivity index (χ1v) is 14.3. The predicted molar refractivity (Wildman–Crippen MR) is 158 cm³/mol. The van der Waals surface area contributed by atoms with E-state index in [2.05, 4.69) is 4.72 Å². The molecule has 0 saturated carbocycles. The molecule has 0 aliphatic heterocycles. The molecule has 0 saturated heterocycles. The second kappa shape index (κ2) is 13.5. The van der Waals surface area contributed by atoms with Crippen molar-refractivity contribution < 1.29 is 41.0 Å². The molecule has 9 nitrogen and oxygen atoms in total. The summed E-state index contributed by atoms with van der Waals surface area (Å²) in [5.74, 6) is -1.95. The molecule has 0 spiro atoms. The summed E-state index contributed by atoms with van der Waals surface area (Å²) in [5, 5.41) is 7.12. The maximum Gasteiger partial charge on any atom is 0.490 e. The van der Waals surface area contributed by atoms with E-state index in [4.69, 9.17) is 29.3 Å². The van der Waals surface area contributed by atoms with Crippen LogP contribution in [0.5, 0.6) is 11.5 Å². The molecule has 13 heteroatoms. The molecule has 0 fully saturated rings. The van der Waals surface area contributed by atoms with E-state index < -0.39 is 22.2 Å². The van der Waals surface area contributed by atoms with Gasteiger partial charge in [-0.3, -0.25) is 0 Å². The number of ether oxygens (including phenoxy) is 2. The van der Waals surface area contributed by atoms with E-state index in [1.807, 2.05) is 78.9 Å². The van der Waals surface area contributed by atoms with Gasteiger partial charge in [0.2, 0.25) is 10.0 Å². The average Bonchev–Trinajstić information content (AvgIpc) is 3.03. The number of halogens is 3. The van der Waals surface area contributed by atoms with Crippen LogP contribution in [0.2, 0.25) is 0 Å². The maximum absolute atomic E-state index is 12.9. The number of aromatic nitrogens is 2. The van der Waals surface area contributed by atoms with E-state index >= 15 is 0 Å². The standard InChI is InChI=1S/C29H25N3O4S.C2HF3O2/c1-35-26-17-16-23(18-27(26)36-2)37(33,34)30-19-20-12-14-22(15-13-20)29-28(21-8-4-3-5-9-21)31-24-10-6-7-11-25(24)32-29;3-2(4,5)1(6)7/h3-18,30H,19H2,1-2H3;(H,6,7). The Hall–Kier alpha value is -5.01. The summed E-state index contributed by atoms with van der Waals surface area (Å²) in [5.41, 5.74) is 5.87. The van der Waals surface area contributed by atoms with Gasteiger partial charge in [0, 0.05) is 23.7 Å². The van der Waals surface area contributed by atoms with Gasteiger partial charge in [0.1, 0.15) is 0 Å². The maximum atomic E-state index is 12.9. The molecule has 228 valence electrons. The van der Waals surface area contributed by atoms with Crippen molar-refractivity contribution in [2.75, 3.05) is 14.2 Å². The van der Waals surface area contributed by atoms with Crippen molar-refractivity contribution in [3.05, 3.63) is 103 Å². The molecule has 0 amide bonds. The highest BCUT2D eigenvalue weighted by Gasteiger charge is 2.38. The molecule has 4 aromatic carbocycles. The molecular weight excluding hydrogens is 599 g/mol. The summed E-state index contributed by atoms with van der Waals surface area (Å²) in [6.45, 7) is 0.131. The number of carboxylic acids is 1. The molecule has 2 N–H and O–H groups in total. The summed E-state index contributed by atoms with van der Waals surface area (Å²) in [4.78, 5) is 18.8. The van der Waals surface area contributed by atoms with Gasteiger partial charge in [-0.05, 0) is 29.8 Å². The lowest BCUT2D eigenvalue weighted by Crippen LogP contribution is -2.23. The summed E-state index contributed by atoms with van der Waals surface area (Å²) < 4.78 is 70.5. The fraction of sp³-hybridized carbons (Fsp3) is 0.129. The van der Waals surface area contributed by atoms with Gasteiger partial charge in [0.05, 0.1) is 41.5 Å². The highest BCUT2D eigenvalue weighted by atomic mass is 32.2. The number of nitrogens with zero attached hydrogens (tertiary/aromatic N) is 2. The van der Waals surface area contributed by atoms with Crippen LogP contribution in [0.15, 0.2) is 102 Å².